The first-order valence-electron chi connectivity index (χ1n) is 16.6. The second kappa shape index (κ2) is 12.5. The number of amides is 2. The fourth-order valence-corrected chi connectivity index (χ4v) is 9.49. The minimum atomic E-state index is -0.519. The lowest BCUT2D eigenvalue weighted by atomic mass is 9.47. The zero-order valence-electron chi connectivity index (χ0n) is 26.7. The summed E-state index contributed by atoms with van der Waals surface area (Å²) < 4.78 is 16.9. The minimum Gasteiger partial charge on any atom is -0.486 e. The molecule has 9 heteroatoms. The van der Waals surface area contributed by atoms with E-state index in [0.29, 0.717) is 53.8 Å². The molecule has 0 spiro atoms. The zero-order valence-corrected chi connectivity index (χ0v) is 26.7. The molecule has 3 saturated carbocycles. The molecule has 1 aromatic carbocycles. The van der Waals surface area contributed by atoms with Gasteiger partial charge in [-0.25, -0.2) is 4.79 Å². The third kappa shape index (κ3) is 5.96. The number of benzene rings is 1. The smallest absolute Gasteiger partial charge is 0.407 e. The first-order valence-corrected chi connectivity index (χ1v) is 16.6. The van der Waals surface area contributed by atoms with E-state index in [1.165, 1.54) is 24.5 Å². The Morgan fingerprint density at radius 3 is 2.58 bits per heavy atom. The summed E-state index contributed by atoms with van der Waals surface area (Å²) in [6.45, 7) is 7.87. The molecule has 0 radical (unpaired) electrons. The Labute approximate surface area is 265 Å². The maximum Gasteiger partial charge on any atom is 0.407 e. The van der Waals surface area contributed by atoms with Gasteiger partial charge in [-0.1, -0.05) is 31.6 Å². The van der Waals surface area contributed by atoms with Crippen LogP contribution in [0.15, 0.2) is 35.4 Å². The van der Waals surface area contributed by atoms with E-state index in [-0.39, 0.29) is 41.5 Å². The van der Waals surface area contributed by atoms with E-state index < -0.39 is 12.0 Å². The molecule has 0 saturated heterocycles. The van der Waals surface area contributed by atoms with Gasteiger partial charge in [-0.05, 0) is 104 Å². The lowest BCUT2D eigenvalue weighted by Crippen LogP contribution is -2.51. The summed E-state index contributed by atoms with van der Waals surface area (Å²) in [5.41, 5.74) is 2.31. The van der Waals surface area contributed by atoms with E-state index >= 15 is 0 Å². The third-order valence-corrected chi connectivity index (χ3v) is 11.7. The Morgan fingerprint density at radius 2 is 1.80 bits per heavy atom. The zero-order chi connectivity index (χ0) is 31.8. The molecule has 2 N–H and O–H groups in total. The Hall–Kier alpha value is -3.80. The molecular formula is C36H45N3O6. The summed E-state index contributed by atoms with van der Waals surface area (Å²) in [6.07, 6.45) is 11.4. The summed E-state index contributed by atoms with van der Waals surface area (Å²) in [7, 11) is 0. The van der Waals surface area contributed by atoms with Gasteiger partial charge in [-0.15, -0.1) is 0 Å². The van der Waals surface area contributed by atoms with Gasteiger partial charge in [0.25, 0.3) is 5.91 Å². The van der Waals surface area contributed by atoms with Gasteiger partial charge < -0.3 is 24.8 Å². The van der Waals surface area contributed by atoms with Crippen molar-refractivity contribution in [2.24, 2.45) is 34.5 Å². The number of rotatable bonds is 7. The lowest BCUT2D eigenvalue weighted by molar-refractivity contribution is -0.127. The number of nitrogens with zero attached hydrogens (tertiary/aromatic N) is 1. The normalized spacial score (nSPS) is 33.3. The number of nitriles is 1. The summed E-state index contributed by atoms with van der Waals surface area (Å²) >= 11 is 0. The number of carbonyl (C=O) groups is 3. The molecule has 0 unspecified atom stereocenters. The number of hydrogen-bond acceptors (Lipinski definition) is 7. The van der Waals surface area contributed by atoms with Crippen molar-refractivity contribution in [3.63, 3.8) is 0 Å². The van der Waals surface area contributed by atoms with Gasteiger partial charge in [0.1, 0.15) is 36.7 Å². The standard InChI is InChI=1S/C36H45N3O6/c1-22(40)28-7-8-29-27-6-5-25-20-26(10-12-35(25,2)30(27)11-13-36(28,29)3)45-34(42)39-15-14-38-33(41)24(21-37)18-23-4-9-31-32(19-23)44-17-16-43-31/h4-5,9,18-19,26-30H,6-8,10-17,20H2,1-3H3,(H,38,41)(H,39,42)/b24-18+/t26-,27-,28+,29-,30-,35-,36+/m0/s1. The highest BCUT2D eigenvalue weighted by molar-refractivity contribution is 6.01. The number of hydrogen-bond donors (Lipinski definition) is 2. The van der Waals surface area contributed by atoms with Crippen molar-refractivity contribution in [3.8, 4) is 17.6 Å². The molecule has 0 bridgehead atoms. The number of alkyl carbamates (subject to hydrolysis) is 1. The number of fused-ring (bicyclic) bond motifs is 6. The van der Waals surface area contributed by atoms with Gasteiger partial charge in [-0.3, -0.25) is 9.59 Å². The average molecular weight is 616 g/mol. The minimum absolute atomic E-state index is 0.0447. The van der Waals surface area contributed by atoms with E-state index in [0.717, 1.165) is 38.5 Å². The highest BCUT2D eigenvalue weighted by Gasteiger charge is 2.59. The largest absolute Gasteiger partial charge is 0.486 e. The van der Waals surface area contributed by atoms with E-state index in [2.05, 4.69) is 30.6 Å². The van der Waals surface area contributed by atoms with Crippen LogP contribution in [0.3, 0.4) is 0 Å². The highest BCUT2D eigenvalue weighted by Crippen LogP contribution is 2.66. The molecule has 1 aromatic rings. The molecule has 1 aliphatic heterocycles. The van der Waals surface area contributed by atoms with Crippen LogP contribution in [0.5, 0.6) is 11.5 Å². The average Bonchev–Trinajstić information content (AvgIpc) is 3.39. The Balaban J connectivity index is 0.971. The van der Waals surface area contributed by atoms with Crippen molar-refractivity contribution >= 4 is 23.9 Å². The SMILES string of the molecule is CC(=O)[C@H]1CC[C@H]2[C@@H]3CC=C4C[C@@H](OC(=O)NCCNC(=O)/C(C#N)=C/c5ccc6c(c5)OCCO6)CC[C@]4(C)[C@H]3CC[C@]12C. The molecule has 1 heterocycles. The van der Waals surface area contributed by atoms with Gasteiger partial charge in [0.05, 0.1) is 0 Å². The molecule has 240 valence electrons. The van der Waals surface area contributed by atoms with Gasteiger partial charge in [0.2, 0.25) is 0 Å². The van der Waals surface area contributed by atoms with Crippen molar-refractivity contribution in [3.05, 3.63) is 41.0 Å². The first-order chi connectivity index (χ1) is 21.6. The van der Waals surface area contributed by atoms with Crippen LogP contribution in [-0.4, -0.2) is 50.2 Å². The number of nitrogens with one attached hydrogen (secondary N) is 2. The second-order valence-electron chi connectivity index (χ2n) is 14.1. The third-order valence-electron chi connectivity index (χ3n) is 11.7. The van der Waals surface area contributed by atoms with Crippen LogP contribution < -0.4 is 20.1 Å². The highest BCUT2D eigenvalue weighted by atomic mass is 16.6. The van der Waals surface area contributed by atoms with Gasteiger partial charge >= 0.3 is 6.09 Å². The summed E-state index contributed by atoms with van der Waals surface area (Å²) in [6, 6.07) is 7.19. The van der Waals surface area contributed by atoms with Crippen LogP contribution in [0.2, 0.25) is 0 Å². The van der Waals surface area contributed by atoms with Crippen molar-refractivity contribution in [2.45, 2.75) is 78.2 Å². The molecular weight excluding hydrogens is 570 g/mol. The van der Waals surface area contributed by atoms with Gasteiger partial charge in [0, 0.05) is 25.4 Å². The van der Waals surface area contributed by atoms with Gasteiger partial charge in [0.15, 0.2) is 11.5 Å². The number of Topliss-reactive ketones (excluding diaryl/α,β-unsaturated/α-hetero) is 1. The molecule has 4 aliphatic carbocycles. The Kier molecular flexibility index (Phi) is 8.69. The van der Waals surface area contributed by atoms with Gasteiger partial charge in [-0.2, -0.15) is 5.26 Å². The predicted molar refractivity (Wildman–Crippen MR) is 168 cm³/mol. The van der Waals surface area contributed by atoms with Crippen molar-refractivity contribution in [1.29, 1.82) is 5.26 Å². The van der Waals surface area contributed by atoms with Crippen LogP contribution in [0.25, 0.3) is 6.08 Å². The molecule has 7 atom stereocenters. The first kappa shape index (κ1) is 31.2. The Bertz CT molecular complexity index is 1460. The lowest BCUT2D eigenvalue weighted by Gasteiger charge is -2.58. The maximum atomic E-state index is 12.6. The second-order valence-corrected chi connectivity index (χ2v) is 14.1. The number of ether oxygens (including phenoxy) is 3. The van der Waals surface area contributed by atoms with Crippen molar-refractivity contribution in [2.75, 3.05) is 26.3 Å². The van der Waals surface area contributed by atoms with E-state index in [4.69, 9.17) is 14.2 Å². The van der Waals surface area contributed by atoms with Crippen LogP contribution in [0.1, 0.15) is 77.7 Å². The molecule has 6 rings (SSSR count). The summed E-state index contributed by atoms with van der Waals surface area (Å²) in [5, 5.41) is 15.0. The van der Waals surface area contributed by atoms with Crippen LogP contribution in [0, 0.1) is 45.8 Å². The van der Waals surface area contributed by atoms with Crippen LogP contribution in [0.4, 0.5) is 4.79 Å². The van der Waals surface area contributed by atoms with E-state index in [1.807, 2.05) is 6.07 Å². The van der Waals surface area contributed by atoms with Crippen LogP contribution in [-0.2, 0) is 14.3 Å². The topological polar surface area (TPSA) is 127 Å². The van der Waals surface area contributed by atoms with Crippen molar-refractivity contribution in [1.82, 2.24) is 10.6 Å². The number of carbonyl (C=O) groups excluding carboxylic acids is 3. The predicted octanol–water partition coefficient (Wildman–Crippen LogP) is 5.74. The molecule has 2 amide bonds. The molecule has 45 heavy (non-hydrogen) atoms. The van der Waals surface area contributed by atoms with E-state index in [1.54, 1.807) is 25.1 Å². The fourth-order valence-electron chi connectivity index (χ4n) is 9.49. The fraction of sp³-hybridized carbons (Fsp3) is 0.611. The van der Waals surface area contributed by atoms with Crippen LogP contribution >= 0.6 is 0 Å². The molecule has 5 aliphatic rings. The number of ketones is 1. The Morgan fingerprint density at radius 1 is 1.02 bits per heavy atom. The van der Waals surface area contributed by atoms with Crippen molar-refractivity contribution < 1.29 is 28.6 Å². The monoisotopic (exact) mass is 615 g/mol. The maximum absolute atomic E-state index is 12.6. The molecule has 3 fully saturated rings. The summed E-state index contributed by atoms with van der Waals surface area (Å²) in [5.74, 6) is 3.16. The molecule has 9 nitrogen and oxygen atoms in total. The summed E-state index contributed by atoms with van der Waals surface area (Å²) in [4.78, 5) is 37.7. The van der Waals surface area contributed by atoms with E-state index in [9.17, 15) is 19.6 Å². The number of allylic oxidation sites excluding steroid dienone is 1. The molecule has 0 aromatic heterocycles. The quantitative estimate of drug-likeness (QED) is 0.173.